The van der Waals surface area contributed by atoms with Crippen LogP contribution < -0.4 is 0 Å². The zero-order valence-corrected chi connectivity index (χ0v) is 16.2. The monoisotopic (exact) mass is 384 g/mol. The second-order valence-electron chi connectivity index (χ2n) is 7.11. The van der Waals surface area contributed by atoms with Crippen LogP contribution in [0.2, 0.25) is 5.02 Å². The largest absolute Gasteiger partial charge is 0.338 e. The number of halogens is 1. The fraction of sp³-hybridized carbons (Fsp3) is 0.611. The first-order valence-electron chi connectivity index (χ1n) is 8.98. The molecule has 5 nitrogen and oxygen atoms in total. The molecule has 2 heterocycles. The summed E-state index contributed by atoms with van der Waals surface area (Å²) < 4.78 is 27.3. The number of hydrogen-bond donors (Lipinski definition) is 0. The molecule has 0 bridgehead atoms. The summed E-state index contributed by atoms with van der Waals surface area (Å²) in [5.41, 5.74) is 0.397. The zero-order chi connectivity index (χ0) is 18.0. The lowest BCUT2D eigenvalue weighted by atomic mass is 9.99. The Balaban J connectivity index is 1.88. The molecule has 25 heavy (non-hydrogen) atoms. The molecule has 2 aliphatic rings. The van der Waals surface area contributed by atoms with E-state index < -0.39 is 10.0 Å². The van der Waals surface area contributed by atoms with Crippen LogP contribution in [0.3, 0.4) is 0 Å². The van der Waals surface area contributed by atoms with Crippen LogP contribution in [-0.2, 0) is 10.0 Å². The molecular weight excluding hydrogens is 360 g/mol. The maximum Gasteiger partial charge on any atom is 0.253 e. The summed E-state index contributed by atoms with van der Waals surface area (Å²) in [6.45, 7) is 4.60. The highest BCUT2D eigenvalue weighted by atomic mass is 35.5. The van der Waals surface area contributed by atoms with E-state index in [2.05, 4.69) is 6.92 Å². The van der Waals surface area contributed by atoms with Gasteiger partial charge in [0.2, 0.25) is 10.0 Å². The number of carbonyl (C=O) groups excluding carboxylic acids is 1. The third-order valence-electron chi connectivity index (χ3n) is 5.06. The van der Waals surface area contributed by atoms with Gasteiger partial charge in [0.25, 0.3) is 5.91 Å². The predicted octanol–water partition coefficient (Wildman–Crippen LogP) is 3.39. The fourth-order valence-electron chi connectivity index (χ4n) is 3.63. The average Bonchev–Trinajstić information content (AvgIpc) is 2.62. The molecule has 1 aromatic carbocycles. The van der Waals surface area contributed by atoms with E-state index >= 15 is 0 Å². The molecule has 2 fully saturated rings. The van der Waals surface area contributed by atoms with Gasteiger partial charge in [-0.1, -0.05) is 24.9 Å². The van der Waals surface area contributed by atoms with E-state index in [1.54, 1.807) is 6.07 Å². The van der Waals surface area contributed by atoms with E-state index in [-0.39, 0.29) is 15.8 Å². The first-order valence-corrected chi connectivity index (χ1v) is 10.8. The number of hydrogen-bond acceptors (Lipinski definition) is 3. The summed E-state index contributed by atoms with van der Waals surface area (Å²) in [5.74, 6) is 0.361. The van der Waals surface area contributed by atoms with Crippen molar-refractivity contribution in [2.75, 3.05) is 26.2 Å². The Morgan fingerprint density at radius 3 is 2.52 bits per heavy atom. The maximum atomic E-state index is 12.9. The molecule has 138 valence electrons. The van der Waals surface area contributed by atoms with E-state index in [1.807, 2.05) is 4.90 Å². The van der Waals surface area contributed by atoms with E-state index in [9.17, 15) is 13.2 Å². The van der Waals surface area contributed by atoms with Gasteiger partial charge in [0, 0.05) is 31.7 Å². The number of benzene rings is 1. The number of sulfonamides is 1. The van der Waals surface area contributed by atoms with Crippen LogP contribution in [0.15, 0.2) is 23.1 Å². The summed E-state index contributed by atoms with van der Waals surface area (Å²) in [6, 6.07) is 4.60. The Bertz CT molecular complexity index is 745. The summed E-state index contributed by atoms with van der Waals surface area (Å²) in [4.78, 5) is 14.6. The molecule has 0 aromatic heterocycles. The van der Waals surface area contributed by atoms with Crippen molar-refractivity contribution in [1.82, 2.24) is 9.21 Å². The van der Waals surface area contributed by atoms with Gasteiger partial charge in [-0.3, -0.25) is 4.79 Å². The first kappa shape index (κ1) is 18.7. The van der Waals surface area contributed by atoms with E-state index in [0.717, 1.165) is 45.2 Å². The van der Waals surface area contributed by atoms with E-state index in [0.29, 0.717) is 24.6 Å². The van der Waals surface area contributed by atoms with Crippen molar-refractivity contribution in [1.29, 1.82) is 0 Å². The van der Waals surface area contributed by atoms with Crippen LogP contribution in [0.25, 0.3) is 0 Å². The maximum absolute atomic E-state index is 12.9. The summed E-state index contributed by atoms with van der Waals surface area (Å²) in [6.07, 6.45) is 4.88. The number of amides is 1. The highest BCUT2D eigenvalue weighted by Crippen LogP contribution is 2.29. The lowest BCUT2D eigenvalue weighted by Crippen LogP contribution is -2.39. The summed E-state index contributed by atoms with van der Waals surface area (Å²) in [7, 11) is -3.66. The van der Waals surface area contributed by atoms with Crippen molar-refractivity contribution in [3.63, 3.8) is 0 Å². The van der Waals surface area contributed by atoms with Crippen LogP contribution in [0.1, 0.15) is 49.4 Å². The standard InChI is InChI=1S/C18H25ClN2O3S/c1-14-6-5-9-20(13-14)18(22)15-7-8-16(19)17(12-15)25(23,24)21-10-3-2-4-11-21/h7-8,12,14H,2-6,9-11,13H2,1H3/t14-/m0/s1. The van der Waals surface area contributed by atoms with Gasteiger partial charge in [0.1, 0.15) is 4.90 Å². The molecule has 0 aliphatic carbocycles. The number of nitrogens with zero attached hydrogens (tertiary/aromatic N) is 2. The molecule has 0 radical (unpaired) electrons. The van der Waals surface area contributed by atoms with Gasteiger partial charge in [-0.05, 0) is 49.8 Å². The molecule has 1 aromatic rings. The quantitative estimate of drug-likeness (QED) is 0.802. The molecule has 7 heteroatoms. The summed E-state index contributed by atoms with van der Waals surface area (Å²) in [5, 5.41) is 0.175. The lowest BCUT2D eigenvalue weighted by Gasteiger charge is -2.31. The van der Waals surface area contributed by atoms with Crippen molar-refractivity contribution in [2.45, 2.75) is 43.9 Å². The van der Waals surface area contributed by atoms with Crippen LogP contribution in [-0.4, -0.2) is 49.7 Å². The minimum atomic E-state index is -3.66. The second-order valence-corrected chi connectivity index (χ2v) is 9.42. The Morgan fingerprint density at radius 2 is 1.84 bits per heavy atom. The molecule has 3 rings (SSSR count). The molecule has 0 N–H and O–H groups in total. The predicted molar refractivity (Wildman–Crippen MR) is 98.4 cm³/mol. The number of rotatable bonds is 3. The Labute approximate surface area is 155 Å². The van der Waals surface area contributed by atoms with Crippen molar-refractivity contribution < 1.29 is 13.2 Å². The number of carbonyl (C=O) groups is 1. The van der Waals surface area contributed by atoms with Crippen molar-refractivity contribution in [3.8, 4) is 0 Å². The molecule has 0 unspecified atom stereocenters. The third kappa shape index (κ3) is 4.01. The van der Waals surface area contributed by atoms with E-state index in [4.69, 9.17) is 11.6 Å². The van der Waals surface area contributed by atoms with Crippen LogP contribution in [0, 0.1) is 5.92 Å². The average molecular weight is 385 g/mol. The van der Waals surface area contributed by atoms with Gasteiger partial charge < -0.3 is 4.90 Å². The SMILES string of the molecule is C[C@H]1CCCN(C(=O)c2ccc(Cl)c(S(=O)(=O)N3CCCCC3)c2)C1. The van der Waals surface area contributed by atoms with Gasteiger partial charge >= 0.3 is 0 Å². The summed E-state index contributed by atoms with van der Waals surface area (Å²) >= 11 is 6.18. The van der Waals surface area contributed by atoms with Crippen molar-refractivity contribution in [2.24, 2.45) is 5.92 Å². The Hall–Kier alpha value is -1.11. The first-order chi connectivity index (χ1) is 11.9. The van der Waals surface area contributed by atoms with Crippen LogP contribution in [0.5, 0.6) is 0 Å². The normalized spacial score (nSPS) is 22.8. The number of likely N-dealkylation sites (tertiary alicyclic amines) is 1. The molecule has 1 amide bonds. The lowest BCUT2D eigenvalue weighted by molar-refractivity contribution is 0.0683. The van der Waals surface area contributed by atoms with E-state index in [1.165, 1.54) is 16.4 Å². The minimum absolute atomic E-state index is 0.0481. The van der Waals surface area contributed by atoms with Gasteiger partial charge in [-0.2, -0.15) is 4.31 Å². The van der Waals surface area contributed by atoms with Gasteiger partial charge in [-0.25, -0.2) is 8.42 Å². The van der Waals surface area contributed by atoms with Crippen molar-refractivity contribution >= 4 is 27.5 Å². The molecule has 1 atom stereocenters. The molecule has 0 saturated carbocycles. The molecule has 2 saturated heterocycles. The topological polar surface area (TPSA) is 57.7 Å². The Kier molecular flexibility index (Phi) is 5.71. The molecular formula is C18H25ClN2O3S. The number of piperidine rings is 2. The minimum Gasteiger partial charge on any atom is -0.338 e. The third-order valence-corrected chi connectivity index (χ3v) is 7.44. The fourth-order valence-corrected chi connectivity index (χ4v) is 5.65. The smallest absolute Gasteiger partial charge is 0.253 e. The van der Waals surface area contributed by atoms with Crippen molar-refractivity contribution in [3.05, 3.63) is 28.8 Å². The highest BCUT2D eigenvalue weighted by Gasteiger charge is 2.30. The highest BCUT2D eigenvalue weighted by molar-refractivity contribution is 7.89. The van der Waals surface area contributed by atoms with Gasteiger partial charge in [0.05, 0.1) is 5.02 Å². The Morgan fingerprint density at radius 1 is 1.12 bits per heavy atom. The molecule has 2 aliphatic heterocycles. The van der Waals surface area contributed by atoms with Gasteiger partial charge in [0.15, 0.2) is 0 Å². The molecule has 0 spiro atoms. The van der Waals surface area contributed by atoms with Gasteiger partial charge in [-0.15, -0.1) is 0 Å². The van der Waals surface area contributed by atoms with Crippen LogP contribution in [0.4, 0.5) is 0 Å². The second kappa shape index (κ2) is 7.64. The zero-order valence-electron chi connectivity index (χ0n) is 14.6. The van der Waals surface area contributed by atoms with Crippen LogP contribution >= 0.6 is 11.6 Å².